The molecule has 0 aromatic heterocycles. The molecule has 0 fully saturated rings. The van der Waals surface area contributed by atoms with Crippen LogP contribution in [-0.2, 0) is 23.9 Å². The summed E-state index contributed by atoms with van der Waals surface area (Å²) in [7, 11) is 0. The molecule has 0 saturated carbocycles. The molecule has 0 bridgehead atoms. The van der Waals surface area contributed by atoms with E-state index in [9.17, 15) is 14.4 Å². The fraction of sp³-hybridized carbons (Fsp3) is 0.400. The van der Waals surface area contributed by atoms with Crippen LogP contribution in [0.2, 0.25) is 0 Å². The lowest BCUT2D eigenvalue weighted by Crippen LogP contribution is -2.53. The van der Waals surface area contributed by atoms with Gasteiger partial charge in [0.15, 0.2) is 4.84 Å². The van der Waals surface area contributed by atoms with E-state index in [0.717, 1.165) is 4.90 Å². The van der Waals surface area contributed by atoms with Gasteiger partial charge in [0.25, 0.3) is 5.91 Å². The molecule has 1 amide bonds. The molecule has 1 aromatic carbocycles. The summed E-state index contributed by atoms with van der Waals surface area (Å²) < 4.78 is 9.77. The molecule has 0 aliphatic rings. The summed E-state index contributed by atoms with van der Waals surface area (Å²) in [5.74, 6) is -2.67. The van der Waals surface area contributed by atoms with Crippen LogP contribution in [0.3, 0.4) is 0 Å². The third-order valence-electron chi connectivity index (χ3n) is 2.74. The number of ether oxygens (including phenoxy) is 2. The summed E-state index contributed by atoms with van der Waals surface area (Å²) in [6, 6.07) is 6.46. The minimum atomic E-state index is -1.62. The third kappa shape index (κ3) is 5.11. The Morgan fingerprint density at radius 2 is 1.48 bits per heavy atom. The molecule has 0 atom stereocenters. The summed E-state index contributed by atoms with van der Waals surface area (Å²) in [5, 5.41) is 0. The Morgan fingerprint density at radius 1 is 1.00 bits per heavy atom. The fourth-order valence-electron chi connectivity index (χ4n) is 1.85. The summed E-state index contributed by atoms with van der Waals surface area (Å²) in [5.41, 5.74) is 0.273. The van der Waals surface area contributed by atoms with Crippen molar-refractivity contribution in [1.82, 2.24) is 0 Å². The Bertz CT molecular complexity index is 532. The molecular formula is C15H17Cl2NO5. The molecule has 0 radical (unpaired) electrons. The minimum Gasteiger partial charge on any atom is -0.464 e. The molecule has 0 aliphatic heterocycles. The largest absolute Gasteiger partial charge is 0.464 e. The summed E-state index contributed by atoms with van der Waals surface area (Å²) in [6.07, 6.45) is 0. The number of carbonyl (C=O) groups is 3. The van der Waals surface area contributed by atoms with Gasteiger partial charge in [0, 0.05) is 5.69 Å². The minimum absolute atomic E-state index is 0.0384. The number of carbonyl (C=O) groups excluding carboxylic acids is 3. The number of para-hydroxylation sites is 1. The van der Waals surface area contributed by atoms with Crippen LogP contribution in [0.4, 0.5) is 5.69 Å². The lowest BCUT2D eigenvalue weighted by atomic mass is 10.2. The second-order valence-electron chi connectivity index (χ2n) is 4.25. The van der Waals surface area contributed by atoms with E-state index in [2.05, 4.69) is 0 Å². The highest BCUT2D eigenvalue weighted by atomic mass is 35.5. The van der Waals surface area contributed by atoms with Crippen LogP contribution in [0, 0.1) is 0 Å². The first-order chi connectivity index (χ1) is 10.9. The van der Waals surface area contributed by atoms with Gasteiger partial charge in [-0.05, 0) is 26.0 Å². The van der Waals surface area contributed by atoms with Gasteiger partial charge in [0.05, 0.1) is 13.2 Å². The Labute approximate surface area is 144 Å². The Hall–Kier alpha value is -1.79. The molecule has 0 heterocycles. The molecular weight excluding hydrogens is 345 g/mol. The van der Waals surface area contributed by atoms with E-state index < -0.39 is 28.7 Å². The summed E-state index contributed by atoms with van der Waals surface area (Å²) in [4.78, 5) is 36.2. The molecule has 0 aliphatic carbocycles. The van der Waals surface area contributed by atoms with E-state index in [-0.39, 0.29) is 18.9 Å². The van der Waals surface area contributed by atoms with Gasteiger partial charge in [-0.15, -0.1) is 0 Å². The van der Waals surface area contributed by atoms with Gasteiger partial charge in [-0.1, -0.05) is 41.4 Å². The first-order valence-corrected chi connectivity index (χ1v) is 7.80. The fourth-order valence-corrected chi connectivity index (χ4v) is 2.06. The number of hydrogen-bond donors (Lipinski definition) is 0. The zero-order valence-electron chi connectivity index (χ0n) is 12.7. The molecule has 0 unspecified atom stereocenters. The van der Waals surface area contributed by atoms with Gasteiger partial charge in [0.2, 0.25) is 6.04 Å². The highest BCUT2D eigenvalue weighted by Gasteiger charge is 2.41. The first-order valence-electron chi connectivity index (χ1n) is 6.93. The van der Waals surface area contributed by atoms with Crippen LogP contribution in [-0.4, -0.2) is 41.9 Å². The molecule has 126 valence electrons. The van der Waals surface area contributed by atoms with Crippen molar-refractivity contribution in [1.29, 1.82) is 0 Å². The third-order valence-corrected chi connectivity index (χ3v) is 3.11. The van der Waals surface area contributed by atoms with Crippen molar-refractivity contribution in [3.05, 3.63) is 30.3 Å². The average Bonchev–Trinajstić information content (AvgIpc) is 2.52. The smallest absolute Gasteiger partial charge is 0.341 e. The topological polar surface area (TPSA) is 72.9 Å². The van der Waals surface area contributed by atoms with Gasteiger partial charge >= 0.3 is 11.9 Å². The van der Waals surface area contributed by atoms with Crippen LogP contribution in [0.1, 0.15) is 13.8 Å². The Balaban J connectivity index is 3.34. The van der Waals surface area contributed by atoms with E-state index >= 15 is 0 Å². The van der Waals surface area contributed by atoms with Crippen LogP contribution in [0.25, 0.3) is 0 Å². The molecule has 0 spiro atoms. The SMILES string of the molecule is CCOC(=O)C(C(=O)OCC)N(C(=O)C(Cl)Cl)c1ccccc1. The molecule has 23 heavy (non-hydrogen) atoms. The quantitative estimate of drug-likeness (QED) is 0.423. The summed E-state index contributed by atoms with van der Waals surface area (Å²) >= 11 is 11.3. The highest BCUT2D eigenvalue weighted by Crippen LogP contribution is 2.22. The van der Waals surface area contributed by atoms with Crippen molar-refractivity contribution in [3.8, 4) is 0 Å². The number of anilines is 1. The number of esters is 2. The average molecular weight is 362 g/mol. The monoisotopic (exact) mass is 361 g/mol. The van der Waals surface area contributed by atoms with Gasteiger partial charge in [-0.25, -0.2) is 9.59 Å². The number of amides is 1. The zero-order chi connectivity index (χ0) is 17.4. The Morgan fingerprint density at radius 3 is 1.87 bits per heavy atom. The van der Waals surface area contributed by atoms with E-state index in [1.165, 1.54) is 0 Å². The van der Waals surface area contributed by atoms with Gasteiger partial charge in [0.1, 0.15) is 0 Å². The van der Waals surface area contributed by atoms with Crippen molar-refractivity contribution in [2.24, 2.45) is 0 Å². The molecule has 8 heteroatoms. The number of benzene rings is 1. The van der Waals surface area contributed by atoms with Crippen LogP contribution < -0.4 is 4.90 Å². The van der Waals surface area contributed by atoms with Crippen molar-refractivity contribution in [3.63, 3.8) is 0 Å². The highest BCUT2D eigenvalue weighted by molar-refractivity contribution is 6.55. The van der Waals surface area contributed by atoms with Crippen LogP contribution in [0.15, 0.2) is 30.3 Å². The van der Waals surface area contributed by atoms with Crippen molar-refractivity contribution in [2.45, 2.75) is 24.7 Å². The van der Waals surface area contributed by atoms with Gasteiger partial charge in [-0.3, -0.25) is 9.69 Å². The lowest BCUT2D eigenvalue weighted by molar-refractivity contribution is -0.157. The predicted octanol–water partition coefficient (Wildman–Crippen LogP) is 2.32. The second-order valence-corrected chi connectivity index (χ2v) is 5.35. The molecule has 0 N–H and O–H groups in total. The summed E-state index contributed by atoms with van der Waals surface area (Å²) in [6.45, 7) is 3.24. The predicted molar refractivity (Wildman–Crippen MR) is 86.5 cm³/mol. The zero-order valence-corrected chi connectivity index (χ0v) is 14.2. The molecule has 0 saturated heterocycles. The normalized spacial score (nSPS) is 10.5. The van der Waals surface area contributed by atoms with Crippen LogP contribution >= 0.6 is 23.2 Å². The number of rotatable bonds is 7. The number of halogens is 2. The van der Waals surface area contributed by atoms with Crippen molar-refractivity contribution in [2.75, 3.05) is 18.1 Å². The molecule has 6 nitrogen and oxygen atoms in total. The van der Waals surface area contributed by atoms with E-state index in [4.69, 9.17) is 32.7 Å². The maximum Gasteiger partial charge on any atom is 0.341 e. The number of hydrogen-bond acceptors (Lipinski definition) is 5. The molecule has 1 rings (SSSR count). The standard InChI is InChI=1S/C15H17Cl2NO5/c1-3-22-14(20)11(15(21)23-4-2)18(13(19)12(16)17)10-8-6-5-7-9-10/h5-9,11-12H,3-4H2,1-2H3. The van der Waals surface area contributed by atoms with Crippen LogP contribution in [0.5, 0.6) is 0 Å². The lowest BCUT2D eigenvalue weighted by Gasteiger charge is -2.29. The van der Waals surface area contributed by atoms with E-state index in [1.54, 1.807) is 44.2 Å². The Kier molecular flexibility index (Phi) is 7.85. The first kappa shape index (κ1) is 19.3. The van der Waals surface area contributed by atoms with E-state index in [0.29, 0.717) is 0 Å². The maximum atomic E-state index is 12.3. The number of nitrogens with zero attached hydrogens (tertiary/aromatic N) is 1. The molecule has 1 aromatic rings. The van der Waals surface area contributed by atoms with E-state index in [1.807, 2.05) is 0 Å². The number of alkyl halides is 2. The van der Waals surface area contributed by atoms with Crippen molar-refractivity contribution < 1.29 is 23.9 Å². The maximum absolute atomic E-state index is 12.3. The second kappa shape index (κ2) is 9.37. The van der Waals surface area contributed by atoms with Gasteiger partial charge < -0.3 is 9.47 Å². The van der Waals surface area contributed by atoms with Gasteiger partial charge in [-0.2, -0.15) is 0 Å². The van der Waals surface area contributed by atoms with Crippen molar-refractivity contribution >= 4 is 46.7 Å².